The van der Waals surface area contributed by atoms with Gasteiger partial charge in [0.25, 0.3) is 5.91 Å². The average molecular weight is 330 g/mol. The van der Waals surface area contributed by atoms with Crippen LogP contribution in [0, 0.1) is 5.92 Å². The van der Waals surface area contributed by atoms with Gasteiger partial charge in [0.2, 0.25) is 0 Å². The Morgan fingerprint density at radius 1 is 1.29 bits per heavy atom. The molecule has 0 radical (unpaired) electrons. The van der Waals surface area contributed by atoms with Crippen LogP contribution in [0.25, 0.3) is 10.9 Å². The molecule has 1 amide bonds. The molecule has 0 fully saturated rings. The molecule has 1 aromatic carbocycles. The molecular weight excluding hydrogens is 304 g/mol. The maximum absolute atomic E-state index is 12.6. The lowest BCUT2D eigenvalue weighted by molar-refractivity contribution is 0.0304. The summed E-state index contributed by atoms with van der Waals surface area (Å²) in [4.78, 5) is 20.8. The first-order valence-corrected chi connectivity index (χ1v) is 8.32. The van der Waals surface area contributed by atoms with Crippen LogP contribution in [-0.4, -0.2) is 44.7 Å². The van der Waals surface area contributed by atoms with Gasteiger partial charge in [-0.25, -0.2) is 15.0 Å². The molecule has 0 aliphatic carbocycles. The van der Waals surface area contributed by atoms with E-state index in [1.165, 1.54) is 6.33 Å². The van der Waals surface area contributed by atoms with Crippen LogP contribution >= 0.6 is 0 Å². The van der Waals surface area contributed by atoms with Crippen LogP contribution < -0.4 is 5.43 Å². The summed E-state index contributed by atoms with van der Waals surface area (Å²) in [5.41, 5.74) is 4.21. The maximum Gasteiger partial charge on any atom is 0.265 e. The fraction of sp³-hybridized carbons (Fsp3) is 0.500. The van der Waals surface area contributed by atoms with Crippen molar-refractivity contribution < 1.29 is 9.90 Å². The number of benzene rings is 1. The first kappa shape index (κ1) is 18.3. The SMILES string of the molecule is CC(C)C[C@@H](CO)N(NC(=O)c1ccc2cncnc2c1)C(C)C. The molecular formula is C18H26N4O2. The Balaban J connectivity index is 2.19. The second kappa shape index (κ2) is 8.17. The van der Waals surface area contributed by atoms with Crippen molar-refractivity contribution in [2.75, 3.05) is 6.61 Å². The van der Waals surface area contributed by atoms with Gasteiger partial charge in [0.05, 0.1) is 18.2 Å². The van der Waals surface area contributed by atoms with Crippen molar-refractivity contribution in [1.82, 2.24) is 20.4 Å². The third-order valence-electron chi connectivity index (χ3n) is 3.90. The van der Waals surface area contributed by atoms with Crippen molar-refractivity contribution in [3.05, 3.63) is 36.3 Å². The number of nitrogens with zero attached hydrogens (tertiary/aromatic N) is 3. The zero-order valence-corrected chi connectivity index (χ0v) is 14.7. The van der Waals surface area contributed by atoms with Crippen LogP contribution in [0.15, 0.2) is 30.7 Å². The quantitative estimate of drug-likeness (QED) is 0.762. The number of amides is 1. The summed E-state index contributed by atoms with van der Waals surface area (Å²) in [7, 11) is 0. The average Bonchev–Trinajstić information content (AvgIpc) is 2.56. The molecule has 1 atom stereocenters. The Morgan fingerprint density at radius 3 is 2.67 bits per heavy atom. The summed E-state index contributed by atoms with van der Waals surface area (Å²) in [6.07, 6.45) is 3.99. The third kappa shape index (κ3) is 4.49. The molecule has 0 unspecified atom stereocenters. The third-order valence-corrected chi connectivity index (χ3v) is 3.90. The van der Waals surface area contributed by atoms with E-state index in [1.807, 2.05) is 24.9 Å². The lowest BCUT2D eigenvalue weighted by atomic mass is 10.0. The second-order valence-corrected chi connectivity index (χ2v) is 6.70. The zero-order valence-electron chi connectivity index (χ0n) is 14.7. The highest BCUT2D eigenvalue weighted by Gasteiger charge is 2.24. The number of aliphatic hydroxyl groups excluding tert-OH is 1. The standard InChI is InChI=1S/C18H26N4O2/c1-12(2)7-16(10-23)22(13(3)4)21-18(24)14-5-6-15-9-19-11-20-17(15)8-14/h5-6,8-9,11-13,16,23H,7,10H2,1-4H3,(H,21,24)/t16-/m0/s1. The van der Waals surface area contributed by atoms with Crippen molar-refractivity contribution in [2.45, 2.75) is 46.2 Å². The van der Waals surface area contributed by atoms with Gasteiger partial charge in [-0.2, -0.15) is 0 Å². The van der Waals surface area contributed by atoms with Gasteiger partial charge >= 0.3 is 0 Å². The molecule has 1 heterocycles. The number of carbonyl (C=O) groups is 1. The summed E-state index contributed by atoms with van der Waals surface area (Å²) in [5.74, 6) is 0.226. The van der Waals surface area contributed by atoms with Crippen LogP contribution in [-0.2, 0) is 0 Å². The molecule has 24 heavy (non-hydrogen) atoms. The van der Waals surface area contributed by atoms with Gasteiger partial charge in [-0.1, -0.05) is 19.9 Å². The van der Waals surface area contributed by atoms with Crippen molar-refractivity contribution in [1.29, 1.82) is 0 Å². The number of hydrogen-bond donors (Lipinski definition) is 2. The number of hydrogen-bond acceptors (Lipinski definition) is 5. The normalized spacial score (nSPS) is 13.0. The number of carbonyl (C=O) groups excluding carboxylic acids is 1. The Bertz CT molecular complexity index is 688. The summed E-state index contributed by atoms with van der Waals surface area (Å²) in [6.45, 7) is 8.20. The minimum Gasteiger partial charge on any atom is -0.395 e. The first-order chi connectivity index (χ1) is 11.4. The summed E-state index contributed by atoms with van der Waals surface area (Å²) < 4.78 is 0. The van der Waals surface area contributed by atoms with E-state index in [0.29, 0.717) is 11.5 Å². The number of fused-ring (bicyclic) bond motifs is 1. The maximum atomic E-state index is 12.6. The predicted molar refractivity (Wildman–Crippen MR) is 94.3 cm³/mol. The van der Waals surface area contributed by atoms with E-state index in [-0.39, 0.29) is 24.6 Å². The molecule has 6 heteroatoms. The van der Waals surface area contributed by atoms with Gasteiger partial charge in [0, 0.05) is 23.2 Å². The van der Waals surface area contributed by atoms with Crippen molar-refractivity contribution in [3.63, 3.8) is 0 Å². The lowest BCUT2D eigenvalue weighted by Crippen LogP contribution is -2.53. The Kier molecular flexibility index (Phi) is 6.23. The second-order valence-electron chi connectivity index (χ2n) is 6.70. The van der Waals surface area contributed by atoms with E-state index >= 15 is 0 Å². The van der Waals surface area contributed by atoms with E-state index in [0.717, 1.165) is 17.3 Å². The van der Waals surface area contributed by atoms with Crippen LogP contribution in [0.5, 0.6) is 0 Å². The van der Waals surface area contributed by atoms with E-state index in [9.17, 15) is 9.90 Å². The number of aromatic nitrogens is 2. The molecule has 130 valence electrons. The van der Waals surface area contributed by atoms with Gasteiger partial charge in [0.15, 0.2) is 0 Å². The molecule has 0 saturated heterocycles. The monoisotopic (exact) mass is 330 g/mol. The minimum absolute atomic E-state index is 0.00157. The van der Waals surface area contributed by atoms with Crippen LogP contribution in [0.3, 0.4) is 0 Å². The van der Waals surface area contributed by atoms with Crippen molar-refractivity contribution in [3.8, 4) is 0 Å². The van der Waals surface area contributed by atoms with Gasteiger partial charge in [-0.3, -0.25) is 10.2 Å². The Labute approximate surface area is 142 Å². The van der Waals surface area contributed by atoms with Gasteiger partial charge in [-0.15, -0.1) is 0 Å². The number of nitrogens with one attached hydrogen (secondary N) is 1. The molecule has 0 bridgehead atoms. The van der Waals surface area contributed by atoms with Crippen molar-refractivity contribution in [2.24, 2.45) is 5.92 Å². The van der Waals surface area contributed by atoms with E-state index in [2.05, 4.69) is 29.2 Å². The van der Waals surface area contributed by atoms with E-state index in [4.69, 9.17) is 0 Å². The smallest absolute Gasteiger partial charge is 0.265 e. The van der Waals surface area contributed by atoms with Crippen LogP contribution in [0.2, 0.25) is 0 Å². The fourth-order valence-electron chi connectivity index (χ4n) is 2.76. The Hall–Kier alpha value is -2.05. The van der Waals surface area contributed by atoms with Crippen molar-refractivity contribution >= 4 is 16.8 Å². The highest BCUT2D eigenvalue weighted by atomic mass is 16.3. The number of rotatable bonds is 7. The van der Waals surface area contributed by atoms with Gasteiger partial charge < -0.3 is 5.11 Å². The fourth-order valence-corrected chi connectivity index (χ4v) is 2.76. The van der Waals surface area contributed by atoms with E-state index < -0.39 is 0 Å². The highest BCUT2D eigenvalue weighted by molar-refractivity contribution is 5.97. The molecule has 2 rings (SSSR count). The lowest BCUT2D eigenvalue weighted by Gasteiger charge is -2.35. The molecule has 0 aliphatic heterocycles. The molecule has 0 spiro atoms. The summed E-state index contributed by atoms with van der Waals surface area (Å²) in [6, 6.07) is 5.31. The zero-order chi connectivity index (χ0) is 17.7. The number of hydrazine groups is 1. The highest BCUT2D eigenvalue weighted by Crippen LogP contribution is 2.15. The van der Waals surface area contributed by atoms with Gasteiger partial charge in [0.1, 0.15) is 6.33 Å². The molecule has 0 saturated carbocycles. The van der Waals surface area contributed by atoms with E-state index in [1.54, 1.807) is 18.3 Å². The minimum atomic E-state index is -0.202. The van der Waals surface area contributed by atoms with Crippen LogP contribution in [0.1, 0.15) is 44.5 Å². The Morgan fingerprint density at radius 2 is 2.04 bits per heavy atom. The molecule has 2 N–H and O–H groups in total. The molecule has 2 aromatic rings. The van der Waals surface area contributed by atoms with Crippen LogP contribution in [0.4, 0.5) is 0 Å². The topological polar surface area (TPSA) is 78.4 Å². The van der Waals surface area contributed by atoms with Gasteiger partial charge in [-0.05, 0) is 38.3 Å². The largest absolute Gasteiger partial charge is 0.395 e. The molecule has 0 aliphatic rings. The molecule has 1 aromatic heterocycles. The number of aliphatic hydroxyl groups is 1. The predicted octanol–water partition coefficient (Wildman–Crippen LogP) is 2.39. The first-order valence-electron chi connectivity index (χ1n) is 8.32. The summed E-state index contributed by atoms with van der Waals surface area (Å²) in [5, 5.41) is 12.4. The summed E-state index contributed by atoms with van der Waals surface area (Å²) >= 11 is 0. The molecule has 6 nitrogen and oxygen atoms in total.